The summed E-state index contributed by atoms with van der Waals surface area (Å²) in [5.74, 6) is 0.864. The number of piperidine rings is 1. The predicted octanol–water partition coefficient (Wildman–Crippen LogP) is 1.08. The third kappa shape index (κ3) is 3.13. The van der Waals surface area contributed by atoms with Crippen LogP contribution in [0.3, 0.4) is 0 Å². The molecule has 2 rings (SSSR count). The van der Waals surface area contributed by atoms with E-state index in [1.165, 1.54) is 11.5 Å². The van der Waals surface area contributed by atoms with E-state index in [0.717, 1.165) is 19.4 Å². The highest BCUT2D eigenvalue weighted by Gasteiger charge is 2.23. The fourth-order valence-corrected chi connectivity index (χ4v) is 2.48. The van der Waals surface area contributed by atoms with Crippen molar-refractivity contribution in [3.8, 4) is 0 Å². The fraction of sp³-hybridized carbons (Fsp3) is 0.700. The van der Waals surface area contributed by atoms with Crippen molar-refractivity contribution in [2.24, 2.45) is 5.92 Å². The van der Waals surface area contributed by atoms with Gasteiger partial charge in [0.2, 0.25) is 5.13 Å². The van der Waals surface area contributed by atoms with Gasteiger partial charge in [-0.25, -0.2) is 9.78 Å². The Kier molecular flexibility index (Phi) is 3.90. The van der Waals surface area contributed by atoms with Gasteiger partial charge in [0.05, 0.1) is 0 Å². The molecule has 1 aliphatic heterocycles. The Morgan fingerprint density at radius 3 is 3.18 bits per heavy atom. The molecule has 0 bridgehead atoms. The highest BCUT2D eigenvalue weighted by Crippen LogP contribution is 2.17. The minimum atomic E-state index is -0.153. The van der Waals surface area contributed by atoms with Crippen molar-refractivity contribution in [3.63, 3.8) is 0 Å². The molecule has 2 N–H and O–H groups in total. The number of nitrogens with one attached hydrogen (secondary N) is 1. The molecule has 0 radical (unpaired) electrons. The van der Waals surface area contributed by atoms with Crippen LogP contribution in [0.15, 0.2) is 0 Å². The molecule has 2 heterocycles. The zero-order valence-corrected chi connectivity index (χ0v) is 10.5. The lowest BCUT2D eigenvalue weighted by Gasteiger charge is -2.31. The van der Waals surface area contributed by atoms with Crippen LogP contribution in [-0.2, 0) is 0 Å². The first-order valence-corrected chi connectivity index (χ1v) is 6.43. The molecular formula is C10H16N4O2S. The zero-order chi connectivity index (χ0) is 12.3. The zero-order valence-electron chi connectivity index (χ0n) is 9.72. The minimum Gasteiger partial charge on any atom is -0.396 e. The van der Waals surface area contributed by atoms with E-state index in [1.807, 2.05) is 0 Å². The molecule has 1 saturated heterocycles. The largest absolute Gasteiger partial charge is 0.396 e. The Balaban J connectivity index is 1.91. The molecular weight excluding hydrogens is 240 g/mol. The van der Waals surface area contributed by atoms with Crippen LogP contribution in [0.1, 0.15) is 18.7 Å². The number of carbonyl (C=O) groups is 1. The summed E-state index contributed by atoms with van der Waals surface area (Å²) in [6.45, 7) is 3.27. The van der Waals surface area contributed by atoms with E-state index in [1.54, 1.807) is 11.8 Å². The SMILES string of the molecule is Cc1nsc(NC(=O)N2CCCC(CO)C2)n1. The van der Waals surface area contributed by atoms with Crippen LogP contribution < -0.4 is 5.32 Å². The number of amides is 2. The summed E-state index contributed by atoms with van der Waals surface area (Å²) in [5, 5.41) is 12.4. The lowest BCUT2D eigenvalue weighted by molar-refractivity contribution is 0.136. The normalized spacial score (nSPS) is 20.4. The monoisotopic (exact) mass is 256 g/mol. The summed E-state index contributed by atoms with van der Waals surface area (Å²) in [5.41, 5.74) is 0. The minimum absolute atomic E-state index is 0.141. The molecule has 1 atom stereocenters. The standard InChI is InChI=1S/C10H16N4O2S/c1-7-11-9(17-13-7)12-10(16)14-4-2-3-8(5-14)6-15/h8,15H,2-6H2,1H3,(H,11,12,13,16). The lowest BCUT2D eigenvalue weighted by Crippen LogP contribution is -2.43. The summed E-state index contributed by atoms with van der Waals surface area (Å²) in [4.78, 5) is 17.7. The summed E-state index contributed by atoms with van der Waals surface area (Å²) in [6.07, 6.45) is 1.92. The predicted molar refractivity (Wildman–Crippen MR) is 65.0 cm³/mol. The number of aromatic nitrogens is 2. The smallest absolute Gasteiger partial charge is 0.323 e. The van der Waals surface area contributed by atoms with Gasteiger partial charge in [0, 0.05) is 31.2 Å². The number of carbonyl (C=O) groups excluding carboxylic acids is 1. The number of likely N-dealkylation sites (tertiary alicyclic amines) is 1. The Morgan fingerprint density at radius 2 is 2.53 bits per heavy atom. The summed E-state index contributed by atoms with van der Waals surface area (Å²) in [6, 6.07) is -0.153. The number of nitrogens with zero attached hydrogens (tertiary/aromatic N) is 3. The number of hydrogen-bond donors (Lipinski definition) is 2. The van der Waals surface area contributed by atoms with Crippen molar-refractivity contribution in [2.45, 2.75) is 19.8 Å². The first kappa shape index (κ1) is 12.3. The van der Waals surface area contributed by atoms with E-state index in [9.17, 15) is 4.79 Å². The van der Waals surface area contributed by atoms with Crippen LogP contribution >= 0.6 is 11.5 Å². The average molecular weight is 256 g/mol. The van der Waals surface area contributed by atoms with Crippen LogP contribution in [0, 0.1) is 12.8 Å². The van der Waals surface area contributed by atoms with E-state index in [2.05, 4.69) is 14.7 Å². The lowest BCUT2D eigenvalue weighted by atomic mass is 9.99. The Morgan fingerprint density at radius 1 is 1.71 bits per heavy atom. The van der Waals surface area contributed by atoms with E-state index < -0.39 is 0 Å². The van der Waals surface area contributed by atoms with Crippen LogP contribution in [-0.4, -0.2) is 45.1 Å². The highest BCUT2D eigenvalue weighted by atomic mass is 32.1. The first-order chi connectivity index (χ1) is 8.19. The van der Waals surface area contributed by atoms with Gasteiger partial charge in [-0.3, -0.25) is 5.32 Å². The maximum atomic E-state index is 11.9. The molecule has 0 spiro atoms. The van der Waals surface area contributed by atoms with E-state index >= 15 is 0 Å². The Bertz CT molecular complexity index is 395. The van der Waals surface area contributed by atoms with Gasteiger partial charge in [-0.2, -0.15) is 4.37 Å². The maximum Gasteiger partial charge on any atom is 0.323 e. The number of anilines is 1. The molecule has 2 amide bonds. The van der Waals surface area contributed by atoms with Gasteiger partial charge in [-0.15, -0.1) is 0 Å². The van der Waals surface area contributed by atoms with Crippen molar-refractivity contribution in [3.05, 3.63) is 5.82 Å². The van der Waals surface area contributed by atoms with Gasteiger partial charge < -0.3 is 10.0 Å². The van der Waals surface area contributed by atoms with Gasteiger partial charge in [0.1, 0.15) is 5.82 Å². The van der Waals surface area contributed by atoms with Crippen LogP contribution in [0.25, 0.3) is 0 Å². The van der Waals surface area contributed by atoms with Crippen LogP contribution in [0.4, 0.5) is 9.93 Å². The third-order valence-corrected chi connectivity index (χ3v) is 3.53. The van der Waals surface area contributed by atoms with Gasteiger partial charge in [0.15, 0.2) is 0 Å². The summed E-state index contributed by atoms with van der Waals surface area (Å²) >= 11 is 1.18. The van der Waals surface area contributed by atoms with Crippen molar-refractivity contribution < 1.29 is 9.90 Å². The van der Waals surface area contributed by atoms with Crippen LogP contribution in [0.2, 0.25) is 0 Å². The number of hydrogen-bond acceptors (Lipinski definition) is 5. The van der Waals surface area contributed by atoms with E-state index in [-0.39, 0.29) is 18.6 Å². The molecule has 1 unspecified atom stereocenters. The number of aryl methyl sites for hydroxylation is 1. The molecule has 7 heteroatoms. The molecule has 1 fully saturated rings. The number of rotatable bonds is 2. The van der Waals surface area contributed by atoms with Crippen LogP contribution in [0.5, 0.6) is 0 Å². The van der Waals surface area contributed by atoms with Crippen molar-refractivity contribution >= 4 is 22.7 Å². The van der Waals surface area contributed by atoms with Gasteiger partial charge >= 0.3 is 6.03 Å². The quantitative estimate of drug-likeness (QED) is 0.830. The summed E-state index contributed by atoms with van der Waals surface area (Å²) in [7, 11) is 0. The van der Waals surface area contributed by atoms with E-state index in [4.69, 9.17) is 5.11 Å². The molecule has 0 aromatic carbocycles. The second-order valence-corrected chi connectivity index (χ2v) is 4.97. The van der Waals surface area contributed by atoms with Gasteiger partial charge in [0.25, 0.3) is 0 Å². The highest BCUT2D eigenvalue weighted by molar-refractivity contribution is 7.09. The summed E-state index contributed by atoms with van der Waals surface area (Å²) < 4.78 is 4.00. The number of aliphatic hydroxyl groups excluding tert-OH is 1. The number of aliphatic hydroxyl groups is 1. The first-order valence-electron chi connectivity index (χ1n) is 5.66. The number of urea groups is 1. The molecule has 1 aromatic rings. The Hall–Kier alpha value is -1.21. The molecule has 17 heavy (non-hydrogen) atoms. The average Bonchev–Trinajstić information content (AvgIpc) is 2.75. The molecule has 1 aliphatic rings. The fourth-order valence-electron chi connectivity index (χ4n) is 1.92. The maximum absolute atomic E-state index is 11.9. The second kappa shape index (κ2) is 5.42. The topological polar surface area (TPSA) is 78.4 Å². The Labute approximate surface area is 104 Å². The van der Waals surface area contributed by atoms with Crippen molar-refractivity contribution in [1.82, 2.24) is 14.3 Å². The van der Waals surface area contributed by atoms with Crippen molar-refractivity contribution in [2.75, 3.05) is 25.0 Å². The van der Waals surface area contributed by atoms with E-state index in [0.29, 0.717) is 17.5 Å². The van der Waals surface area contributed by atoms with Gasteiger partial charge in [-0.05, 0) is 25.7 Å². The second-order valence-electron chi connectivity index (χ2n) is 4.21. The third-order valence-electron chi connectivity index (χ3n) is 2.81. The molecule has 1 aromatic heterocycles. The molecule has 94 valence electrons. The van der Waals surface area contributed by atoms with Gasteiger partial charge in [-0.1, -0.05) is 0 Å². The molecule has 6 nitrogen and oxygen atoms in total. The molecule has 0 saturated carbocycles. The van der Waals surface area contributed by atoms with Crippen molar-refractivity contribution in [1.29, 1.82) is 0 Å². The molecule has 0 aliphatic carbocycles.